The Bertz CT molecular complexity index is 414. The van der Waals surface area contributed by atoms with Gasteiger partial charge < -0.3 is 4.98 Å². The quantitative estimate of drug-likeness (QED) is 0.717. The molecule has 13 heavy (non-hydrogen) atoms. The second-order valence-electron chi connectivity index (χ2n) is 2.53. The first-order chi connectivity index (χ1) is 6.20. The third-order valence-electron chi connectivity index (χ3n) is 1.70. The summed E-state index contributed by atoms with van der Waals surface area (Å²) in [6, 6.07) is 2.19. The molecule has 2 rings (SSSR count). The fraction of sp³-hybridized carbons (Fsp3) is 0.125. The lowest BCUT2D eigenvalue weighted by atomic mass is 10.3. The first-order valence-corrected chi connectivity index (χ1v) is 4.82. The Morgan fingerprint density at radius 2 is 2.00 bits per heavy atom. The Morgan fingerprint density at radius 3 is 2.69 bits per heavy atom. The molecule has 1 aromatic carbocycles. The number of nitrogens with one attached hydrogen (secondary N) is 1. The second-order valence-corrected chi connectivity index (χ2v) is 3.32. The average molecular weight is 200 g/mol. The lowest BCUT2D eigenvalue weighted by molar-refractivity contribution is 0.510. The second kappa shape index (κ2) is 2.99. The highest BCUT2D eigenvalue weighted by molar-refractivity contribution is 7.98. The summed E-state index contributed by atoms with van der Waals surface area (Å²) < 4.78 is 25.5. The summed E-state index contributed by atoms with van der Waals surface area (Å²) in [5.74, 6) is -1.73. The number of hydrogen-bond donors (Lipinski definition) is 1. The van der Waals surface area contributed by atoms with Crippen LogP contribution in [0.1, 0.15) is 0 Å². The number of fused-ring (bicyclic) bond motifs is 1. The predicted octanol–water partition coefficient (Wildman–Crippen LogP) is 2.56. The summed E-state index contributed by atoms with van der Waals surface area (Å²) in [4.78, 5) is 6.89. The van der Waals surface area contributed by atoms with Crippen molar-refractivity contribution in [3.8, 4) is 0 Å². The molecule has 2 nitrogen and oxygen atoms in total. The minimum atomic E-state index is -0.869. The maximum absolute atomic E-state index is 12.7. The van der Waals surface area contributed by atoms with Gasteiger partial charge in [-0.05, 0) is 6.26 Å². The van der Waals surface area contributed by atoms with Gasteiger partial charge in [-0.1, -0.05) is 11.8 Å². The number of halogens is 2. The fourth-order valence-electron chi connectivity index (χ4n) is 1.08. The molecule has 0 fully saturated rings. The van der Waals surface area contributed by atoms with Gasteiger partial charge in [-0.3, -0.25) is 0 Å². The highest BCUT2D eigenvalue weighted by Crippen LogP contribution is 2.19. The molecule has 0 saturated carbocycles. The lowest BCUT2D eigenvalue weighted by Crippen LogP contribution is -1.82. The molecule has 0 radical (unpaired) electrons. The van der Waals surface area contributed by atoms with Crippen molar-refractivity contribution in [2.45, 2.75) is 5.16 Å². The van der Waals surface area contributed by atoms with Crippen LogP contribution in [0.4, 0.5) is 8.78 Å². The van der Waals surface area contributed by atoms with Crippen LogP contribution in [-0.4, -0.2) is 16.2 Å². The number of H-pyrrole nitrogens is 1. The lowest BCUT2D eigenvalue weighted by Gasteiger charge is -1.90. The van der Waals surface area contributed by atoms with E-state index in [1.807, 2.05) is 6.26 Å². The van der Waals surface area contributed by atoms with Crippen LogP contribution >= 0.6 is 11.8 Å². The highest BCUT2D eigenvalue weighted by atomic mass is 32.2. The molecular formula is C8H6F2N2S. The summed E-state index contributed by atoms with van der Waals surface area (Å²) in [6.45, 7) is 0. The minimum Gasteiger partial charge on any atom is -0.333 e. The molecule has 68 valence electrons. The van der Waals surface area contributed by atoms with E-state index in [1.165, 1.54) is 11.8 Å². The van der Waals surface area contributed by atoms with Crippen LogP contribution in [0.25, 0.3) is 11.0 Å². The number of aromatic nitrogens is 2. The van der Waals surface area contributed by atoms with Crippen LogP contribution in [-0.2, 0) is 0 Å². The van der Waals surface area contributed by atoms with Crippen LogP contribution in [0.2, 0.25) is 0 Å². The Kier molecular flexibility index (Phi) is 1.95. The van der Waals surface area contributed by atoms with E-state index < -0.39 is 11.6 Å². The van der Waals surface area contributed by atoms with Crippen LogP contribution in [0.15, 0.2) is 17.3 Å². The zero-order valence-electron chi connectivity index (χ0n) is 6.77. The maximum Gasteiger partial charge on any atom is 0.166 e. The Hall–Kier alpha value is -1.10. The van der Waals surface area contributed by atoms with Crippen molar-refractivity contribution in [3.63, 3.8) is 0 Å². The summed E-state index contributed by atoms with van der Waals surface area (Å²) in [5, 5.41) is 0.653. The summed E-state index contributed by atoms with van der Waals surface area (Å²) in [5.41, 5.74) is 0.964. The van der Waals surface area contributed by atoms with E-state index in [2.05, 4.69) is 9.97 Å². The van der Waals surface area contributed by atoms with E-state index in [0.717, 1.165) is 12.1 Å². The molecule has 0 amide bonds. The van der Waals surface area contributed by atoms with Gasteiger partial charge in [0, 0.05) is 12.1 Å². The van der Waals surface area contributed by atoms with Gasteiger partial charge in [-0.15, -0.1) is 0 Å². The van der Waals surface area contributed by atoms with Crippen molar-refractivity contribution >= 4 is 22.8 Å². The number of benzene rings is 1. The minimum absolute atomic E-state index is 0.447. The molecule has 1 N–H and O–H groups in total. The summed E-state index contributed by atoms with van der Waals surface area (Å²) >= 11 is 1.39. The molecule has 0 spiro atoms. The number of thioether (sulfide) groups is 1. The molecule has 0 aliphatic carbocycles. The molecular weight excluding hydrogens is 194 g/mol. The Balaban J connectivity index is 2.70. The zero-order valence-corrected chi connectivity index (χ0v) is 7.58. The van der Waals surface area contributed by atoms with E-state index >= 15 is 0 Å². The van der Waals surface area contributed by atoms with Crippen LogP contribution < -0.4 is 0 Å². The van der Waals surface area contributed by atoms with Gasteiger partial charge in [0.25, 0.3) is 0 Å². The summed E-state index contributed by atoms with van der Waals surface area (Å²) in [7, 11) is 0. The van der Waals surface area contributed by atoms with Gasteiger partial charge in [-0.25, -0.2) is 13.8 Å². The van der Waals surface area contributed by atoms with Gasteiger partial charge in [0.1, 0.15) is 0 Å². The van der Waals surface area contributed by atoms with Gasteiger partial charge in [0.15, 0.2) is 16.8 Å². The first-order valence-electron chi connectivity index (χ1n) is 3.59. The van der Waals surface area contributed by atoms with Gasteiger partial charge in [-0.2, -0.15) is 0 Å². The number of hydrogen-bond acceptors (Lipinski definition) is 2. The van der Waals surface area contributed by atoms with Crippen LogP contribution in [0.5, 0.6) is 0 Å². The molecule has 5 heteroatoms. The van der Waals surface area contributed by atoms with E-state index in [-0.39, 0.29) is 0 Å². The van der Waals surface area contributed by atoms with E-state index in [0.29, 0.717) is 16.2 Å². The smallest absolute Gasteiger partial charge is 0.166 e. The molecule has 0 unspecified atom stereocenters. The maximum atomic E-state index is 12.7. The molecule has 1 aromatic heterocycles. The van der Waals surface area contributed by atoms with Gasteiger partial charge in [0.2, 0.25) is 0 Å². The van der Waals surface area contributed by atoms with Gasteiger partial charge >= 0.3 is 0 Å². The van der Waals surface area contributed by atoms with E-state index in [4.69, 9.17) is 0 Å². The number of nitrogens with zero attached hydrogens (tertiary/aromatic N) is 1. The molecule has 0 aliphatic rings. The highest BCUT2D eigenvalue weighted by Gasteiger charge is 2.07. The standard InChI is InChI=1S/C8H6F2N2S/c1-13-8-11-6-2-4(9)5(10)3-7(6)12-8/h2-3H,1H3,(H,11,12). The SMILES string of the molecule is CSc1nc2cc(F)c(F)cc2[nH]1. The van der Waals surface area contributed by atoms with Crippen LogP contribution in [0, 0.1) is 11.6 Å². The topological polar surface area (TPSA) is 28.7 Å². The Morgan fingerprint density at radius 1 is 1.31 bits per heavy atom. The van der Waals surface area contributed by atoms with Crippen molar-refractivity contribution in [1.82, 2.24) is 9.97 Å². The molecule has 1 heterocycles. The monoisotopic (exact) mass is 200 g/mol. The predicted molar refractivity (Wildman–Crippen MR) is 47.8 cm³/mol. The van der Waals surface area contributed by atoms with Crippen molar-refractivity contribution in [2.75, 3.05) is 6.26 Å². The molecule has 2 aromatic rings. The molecule has 0 bridgehead atoms. The van der Waals surface area contributed by atoms with Crippen molar-refractivity contribution in [1.29, 1.82) is 0 Å². The summed E-state index contributed by atoms with van der Waals surface area (Å²) in [6.07, 6.45) is 1.84. The van der Waals surface area contributed by atoms with Crippen molar-refractivity contribution in [2.24, 2.45) is 0 Å². The third-order valence-corrected chi connectivity index (χ3v) is 2.28. The molecule has 0 saturated heterocycles. The number of rotatable bonds is 1. The first kappa shape index (κ1) is 8.50. The molecule has 0 aliphatic heterocycles. The van der Waals surface area contributed by atoms with E-state index in [9.17, 15) is 8.78 Å². The van der Waals surface area contributed by atoms with Gasteiger partial charge in [0.05, 0.1) is 11.0 Å². The number of imidazole rings is 1. The van der Waals surface area contributed by atoms with E-state index in [1.54, 1.807) is 0 Å². The Labute approximate surface area is 77.4 Å². The average Bonchev–Trinajstić information content (AvgIpc) is 2.48. The zero-order chi connectivity index (χ0) is 9.42. The number of aromatic amines is 1. The van der Waals surface area contributed by atoms with Crippen LogP contribution in [0.3, 0.4) is 0 Å². The van der Waals surface area contributed by atoms with Crippen molar-refractivity contribution < 1.29 is 8.78 Å². The van der Waals surface area contributed by atoms with Crippen molar-refractivity contribution in [3.05, 3.63) is 23.8 Å². The fourth-order valence-corrected chi connectivity index (χ4v) is 1.48. The third kappa shape index (κ3) is 1.39. The normalized spacial score (nSPS) is 11.0. The largest absolute Gasteiger partial charge is 0.333 e. The molecule has 0 atom stereocenters.